The molecule has 68 valence electrons. The summed E-state index contributed by atoms with van der Waals surface area (Å²) >= 11 is 0. The van der Waals surface area contributed by atoms with E-state index in [1.54, 1.807) is 6.92 Å². The van der Waals surface area contributed by atoms with Gasteiger partial charge in [-0.2, -0.15) is 0 Å². The number of hydrogen-bond acceptors (Lipinski definition) is 2. The number of nitrogens with zero attached hydrogens (tertiary/aromatic N) is 1. The monoisotopic (exact) mass is 181 g/mol. The molecule has 1 N–H and O–H groups in total. The summed E-state index contributed by atoms with van der Waals surface area (Å²) < 4.78 is 12.6. The van der Waals surface area contributed by atoms with E-state index >= 15 is 0 Å². The number of aliphatic carboxylic acids is 1. The van der Waals surface area contributed by atoms with Crippen molar-refractivity contribution in [3.63, 3.8) is 0 Å². The van der Waals surface area contributed by atoms with Crippen LogP contribution in [0.25, 0.3) is 0 Å². The molecule has 0 unspecified atom stereocenters. The van der Waals surface area contributed by atoms with E-state index in [1.807, 2.05) is 0 Å². The van der Waals surface area contributed by atoms with Crippen LogP contribution >= 0.6 is 0 Å². The number of benzene rings is 1. The first-order valence-electron chi connectivity index (χ1n) is 3.63. The van der Waals surface area contributed by atoms with Crippen LogP contribution in [0.3, 0.4) is 0 Å². The third-order valence-corrected chi connectivity index (χ3v) is 1.47. The van der Waals surface area contributed by atoms with Crippen LogP contribution in [0.2, 0.25) is 0 Å². The Hall–Kier alpha value is -1.71. The number of hydrogen-bond donors (Lipinski definition) is 1. The molecule has 0 aliphatic rings. The van der Waals surface area contributed by atoms with Crippen LogP contribution in [0.1, 0.15) is 5.56 Å². The molecular formula is C9H8FNO2. The summed E-state index contributed by atoms with van der Waals surface area (Å²) in [4.78, 5) is 13.8. The zero-order valence-corrected chi connectivity index (χ0v) is 6.99. The van der Waals surface area contributed by atoms with E-state index in [9.17, 15) is 9.18 Å². The van der Waals surface area contributed by atoms with Crippen molar-refractivity contribution >= 4 is 17.9 Å². The summed E-state index contributed by atoms with van der Waals surface area (Å²) in [7, 11) is 0. The van der Waals surface area contributed by atoms with E-state index in [4.69, 9.17) is 5.11 Å². The van der Waals surface area contributed by atoms with Crippen molar-refractivity contribution in [2.75, 3.05) is 0 Å². The Bertz CT molecular complexity index is 361. The van der Waals surface area contributed by atoms with Crippen molar-refractivity contribution < 1.29 is 14.3 Å². The van der Waals surface area contributed by atoms with Gasteiger partial charge >= 0.3 is 5.97 Å². The van der Waals surface area contributed by atoms with Crippen molar-refractivity contribution in [1.29, 1.82) is 0 Å². The van der Waals surface area contributed by atoms with E-state index in [0.717, 1.165) is 6.21 Å². The molecule has 0 atom stereocenters. The van der Waals surface area contributed by atoms with Gasteiger partial charge in [0.2, 0.25) is 0 Å². The second kappa shape index (κ2) is 3.80. The highest BCUT2D eigenvalue weighted by molar-refractivity contribution is 6.22. The molecule has 13 heavy (non-hydrogen) atoms. The van der Waals surface area contributed by atoms with Gasteiger partial charge in [0.1, 0.15) is 12.0 Å². The molecule has 0 saturated heterocycles. The van der Waals surface area contributed by atoms with Crippen LogP contribution in [0.5, 0.6) is 0 Å². The van der Waals surface area contributed by atoms with Gasteiger partial charge < -0.3 is 5.11 Å². The molecule has 0 radical (unpaired) electrons. The smallest absolute Gasteiger partial charge is 0.346 e. The van der Waals surface area contributed by atoms with Crippen molar-refractivity contribution in [1.82, 2.24) is 0 Å². The van der Waals surface area contributed by atoms with Gasteiger partial charge in [0.25, 0.3) is 0 Å². The maximum absolute atomic E-state index is 12.6. The largest absolute Gasteiger partial charge is 0.477 e. The van der Waals surface area contributed by atoms with Gasteiger partial charge in [0, 0.05) is 0 Å². The Kier molecular flexibility index (Phi) is 2.74. The number of carbonyl (C=O) groups is 1. The van der Waals surface area contributed by atoms with E-state index in [2.05, 4.69) is 4.99 Å². The molecule has 0 spiro atoms. The number of rotatable bonds is 2. The number of carboxylic acid groups (broad SMARTS) is 1. The second-order valence-corrected chi connectivity index (χ2v) is 2.53. The Balaban J connectivity index is 2.96. The minimum absolute atomic E-state index is 0.355. The molecule has 0 aromatic heterocycles. The summed E-state index contributed by atoms with van der Waals surface area (Å²) in [5.74, 6) is -1.48. The van der Waals surface area contributed by atoms with E-state index < -0.39 is 5.97 Å². The van der Waals surface area contributed by atoms with Crippen molar-refractivity contribution in [2.45, 2.75) is 6.92 Å². The lowest BCUT2D eigenvalue weighted by atomic mass is 10.2. The van der Waals surface area contributed by atoms with Crippen LogP contribution in [-0.2, 0) is 4.79 Å². The average molecular weight is 181 g/mol. The first kappa shape index (κ1) is 9.38. The molecule has 0 bridgehead atoms. The van der Waals surface area contributed by atoms with Crippen LogP contribution in [0, 0.1) is 12.7 Å². The first-order valence-corrected chi connectivity index (χ1v) is 3.63. The molecular weight excluding hydrogens is 173 g/mol. The Morgan fingerprint density at radius 2 is 2.31 bits per heavy atom. The van der Waals surface area contributed by atoms with Gasteiger partial charge in [-0.1, -0.05) is 0 Å². The third kappa shape index (κ3) is 2.66. The molecule has 0 amide bonds. The van der Waals surface area contributed by atoms with Gasteiger partial charge in [-0.3, -0.25) is 0 Å². The van der Waals surface area contributed by atoms with Crippen LogP contribution in [0.15, 0.2) is 23.2 Å². The highest BCUT2D eigenvalue weighted by atomic mass is 19.1. The molecule has 0 heterocycles. The normalized spacial score (nSPS) is 10.6. The molecule has 1 aromatic carbocycles. The number of aliphatic imine (C=N–C) groups is 1. The molecule has 0 fully saturated rings. The number of aryl methyl sites for hydroxylation is 1. The lowest BCUT2D eigenvalue weighted by Crippen LogP contribution is -1.94. The van der Waals surface area contributed by atoms with E-state index in [0.29, 0.717) is 11.3 Å². The van der Waals surface area contributed by atoms with Gasteiger partial charge in [0.05, 0.1) is 5.69 Å². The summed E-state index contributed by atoms with van der Waals surface area (Å²) in [6.45, 7) is 1.66. The predicted molar refractivity (Wildman–Crippen MR) is 46.9 cm³/mol. The summed E-state index contributed by atoms with van der Waals surface area (Å²) in [5.41, 5.74) is 1.07. The van der Waals surface area contributed by atoms with Crippen LogP contribution in [-0.4, -0.2) is 17.3 Å². The first-order chi connectivity index (χ1) is 6.09. The fourth-order valence-corrected chi connectivity index (χ4v) is 0.888. The highest BCUT2D eigenvalue weighted by Gasteiger charge is 1.97. The maximum atomic E-state index is 12.6. The topological polar surface area (TPSA) is 49.7 Å². The Labute approximate surface area is 74.5 Å². The lowest BCUT2D eigenvalue weighted by Gasteiger charge is -1.97. The molecule has 0 aliphatic heterocycles. The minimum atomic E-state index is -1.12. The zero-order valence-electron chi connectivity index (χ0n) is 6.99. The Morgan fingerprint density at radius 3 is 2.85 bits per heavy atom. The van der Waals surface area contributed by atoms with E-state index in [-0.39, 0.29) is 5.82 Å². The van der Waals surface area contributed by atoms with Crippen molar-refractivity contribution in [2.24, 2.45) is 4.99 Å². The number of halogens is 1. The fraction of sp³-hybridized carbons (Fsp3) is 0.111. The van der Waals surface area contributed by atoms with Gasteiger partial charge in [-0.15, -0.1) is 0 Å². The van der Waals surface area contributed by atoms with Crippen molar-refractivity contribution in [3.8, 4) is 0 Å². The van der Waals surface area contributed by atoms with Crippen LogP contribution < -0.4 is 0 Å². The standard InChI is InChI=1S/C9H8FNO2/c1-6-4-7(10)2-3-8(6)11-5-9(12)13/h2-5H,1H3,(H,12,13). The SMILES string of the molecule is Cc1cc(F)ccc1N=CC(=O)O. The molecule has 0 aliphatic carbocycles. The minimum Gasteiger partial charge on any atom is -0.477 e. The van der Waals surface area contributed by atoms with Gasteiger partial charge in [-0.25, -0.2) is 14.2 Å². The zero-order chi connectivity index (χ0) is 9.84. The summed E-state index contributed by atoms with van der Waals surface area (Å²) in [5, 5.41) is 8.30. The molecule has 1 aromatic rings. The van der Waals surface area contributed by atoms with Gasteiger partial charge in [0.15, 0.2) is 0 Å². The predicted octanol–water partition coefficient (Wildman–Crippen LogP) is 1.92. The molecule has 1 rings (SSSR count). The lowest BCUT2D eigenvalue weighted by molar-refractivity contribution is -0.128. The fourth-order valence-electron chi connectivity index (χ4n) is 0.888. The molecule has 4 heteroatoms. The van der Waals surface area contributed by atoms with E-state index in [1.165, 1.54) is 18.2 Å². The Morgan fingerprint density at radius 1 is 1.62 bits per heavy atom. The summed E-state index contributed by atoms with van der Waals surface area (Å²) in [6.07, 6.45) is 0.778. The average Bonchev–Trinajstić information content (AvgIpc) is 2.02. The molecule has 3 nitrogen and oxygen atoms in total. The number of carboxylic acids is 1. The van der Waals surface area contributed by atoms with Crippen molar-refractivity contribution in [3.05, 3.63) is 29.6 Å². The van der Waals surface area contributed by atoms with Crippen LogP contribution in [0.4, 0.5) is 10.1 Å². The highest BCUT2D eigenvalue weighted by Crippen LogP contribution is 2.18. The quantitative estimate of drug-likeness (QED) is 0.708. The second-order valence-electron chi connectivity index (χ2n) is 2.53. The summed E-state index contributed by atoms with van der Waals surface area (Å²) in [6, 6.07) is 3.97. The maximum Gasteiger partial charge on any atom is 0.346 e. The molecule has 0 saturated carbocycles. The third-order valence-electron chi connectivity index (χ3n) is 1.47. The van der Waals surface area contributed by atoms with Gasteiger partial charge in [-0.05, 0) is 30.7 Å².